The van der Waals surface area contributed by atoms with Crippen molar-refractivity contribution in [1.82, 2.24) is 0 Å². The van der Waals surface area contributed by atoms with Crippen molar-refractivity contribution in [2.75, 3.05) is 0 Å². The number of aliphatic imine (C=N–C) groups is 1. The molecule has 3 atom stereocenters. The number of nitrogens with zero attached hydrogens (tertiary/aromatic N) is 1. The Hall–Kier alpha value is -2.44. The first-order chi connectivity index (χ1) is 15.4. The maximum Gasteiger partial charge on any atom is 0.217 e. The van der Waals surface area contributed by atoms with Crippen LogP contribution < -0.4 is 15.9 Å². The van der Waals surface area contributed by atoms with Crippen LogP contribution in [0.1, 0.15) is 44.1 Å². The monoisotopic (exact) mass is 425 g/mol. The van der Waals surface area contributed by atoms with Crippen LogP contribution in [0.25, 0.3) is 0 Å². The normalized spacial score (nSPS) is 26.8. The van der Waals surface area contributed by atoms with Gasteiger partial charge >= 0.3 is 0 Å². The minimum Gasteiger partial charge on any atom is -0.473 e. The molecule has 2 aliphatic carbocycles. The number of hydrogen-bond donors (Lipinski definition) is 0. The SMILES string of the molecule is c1ccc(P(c2ccccc2)c2ccccc2C2=N[C@H]3CCC[C@]34CCCC4O2)cc1. The van der Waals surface area contributed by atoms with Crippen LogP contribution in [-0.4, -0.2) is 18.0 Å². The van der Waals surface area contributed by atoms with Gasteiger partial charge in [-0.2, -0.15) is 0 Å². The van der Waals surface area contributed by atoms with Crippen LogP contribution in [0.5, 0.6) is 0 Å². The first kappa shape index (κ1) is 19.3. The van der Waals surface area contributed by atoms with Crippen molar-refractivity contribution in [1.29, 1.82) is 0 Å². The Kier molecular flexibility index (Phi) is 4.92. The van der Waals surface area contributed by atoms with E-state index in [0.717, 1.165) is 5.90 Å². The van der Waals surface area contributed by atoms with Crippen molar-refractivity contribution in [3.8, 4) is 0 Å². The summed E-state index contributed by atoms with van der Waals surface area (Å²) in [7, 11) is -0.682. The third-order valence-electron chi connectivity index (χ3n) is 7.46. The molecular weight excluding hydrogens is 397 g/mol. The maximum atomic E-state index is 6.72. The van der Waals surface area contributed by atoms with Crippen LogP contribution in [0.3, 0.4) is 0 Å². The van der Waals surface area contributed by atoms with Gasteiger partial charge in [0.25, 0.3) is 0 Å². The first-order valence-corrected chi connectivity index (χ1v) is 12.9. The smallest absolute Gasteiger partial charge is 0.217 e. The molecule has 0 saturated heterocycles. The molecule has 0 aromatic heterocycles. The van der Waals surface area contributed by atoms with Crippen LogP contribution in [-0.2, 0) is 4.74 Å². The van der Waals surface area contributed by atoms with E-state index in [-0.39, 0.29) is 0 Å². The van der Waals surface area contributed by atoms with E-state index in [1.807, 2.05) is 0 Å². The Labute approximate surface area is 186 Å². The summed E-state index contributed by atoms with van der Waals surface area (Å²) in [5, 5.41) is 4.07. The molecule has 6 rings (SSSR count). The molecule has 3 aromatic rings. The third-order valence-corrected chi connectivity index (χ3v) is 9.97. The highest BCUT2D eigenvalue weighted by Gasteiger charge is 2.55. The molecular formula is C28H28NOP. The highest BCUT2D eigenvalue weighted by atomic mass is 31.1. The second kappa shape index (κ2) is 7.92. The van der Waals surface area contributed by atoms with Gasteiger partial charge in [0.1, 0.15) is 6.10 Å². The van der Waals surface area contributed by atoms with E-state index in [2.05, 4.69) is 84.9 Å². The van der Waals surface area contributed by atoms with Crippen LogP contribution in [0.15, 0.2) is 89.9 Å². The summed E-state index contributed by atoms with van der Waals surface area (Å²) >= 11 is 0. The van der Waals surface area contributed by atoms with Crippen LogP contribution >= 0.6 is 7.92 Å². The van der Waals surface area contributed by atoms with Gasteiger partial charge < -0.3 is 4.74 Å². The van der Waals surface area contributed by atoms with E-state index in [1.165, 1.54) is 60.0 Å². The molecule has 2 saturated carbocycles. The molecule has 2 nitrogen and oxygen atoms in total. The van der Waals surface area contributed by atoms with E-state index < -0.39 is 7.92 Å². The number of rotatable bonds is 4. The lowest BCUT2D eigenvalue weighted by Crippen LogP contribution is -2.44. The fraction of sp³-hybridized carbons (Fsp3) is 0.321. The molecule has 1 heterocycles. The maximum absolute atomic E-state index is 6.72. The number of hydrogen-bond acceptors (Lipinski definition) is 2. The minimum atomic E-state index is -0.682. The van der Waals surface area contributed by atoms with Crippen LogP contribution in [0, 0.1) is 5.41 Å². The lowest BCUT2D eigenvalue weighted by Gasteiger charge is -2.40. The van der Waals surface area contributed by atoms with E-state index in [9.17, 15) is 0 Å². The largest absolute Gasteiger partial charge is 0.473 e. The highest BCUT2D eigenvalue weighted by molar-refractivity contribution is 7.80. The van der Waals surface area contributed by atoms with E-state index >= 15 is 0 Å². The third kappa shape index (κ3) is 3.24. The van der Waals surface area contributed by atoms with E-state index in [0.29, 0.717) is 17.6 Å². The van der Waals surface area contributed by atoms with Crippen molar-refractivity contribution >= 4 is 29.7 Å². The topological polar surface area (TPSA) is 21.6 Å². The molecule has 3 aromatic carbocycles. The Morgan fingerprint density at radius 1 is 0.742 bits per heavy atom. The van der Waals surface area contributed by atoms with Gasteiger partial charge in [-0.1, -0.05) is 85.3 Å². The van der Waals surface area contributed by atoms with Gasteiger partial charge in [-0.25, -0.2) is 4.99 Å². The molecule has 0 amide bonds. The van der Waals surface area contributed by atoms with E-state index in [4.69, 9.17) is 9.73 Å². The molecule has 0 radical (unpaired) electrons. The number of ether oxygens (including phenoxy) is 1. The Balaban J connectivity index is 1.48. The quantitative estimate of drug-likeness (QED) is 0.519. The zero-order chi connectivity index (χ0) is 20.7. The predicted octanol–water partition coefficient (Wildman–Crippen LogP) is 5.31. The molecule has 1 spiro atoms. The fourth-order valence-electron chi connectivity index (χ4n) is 6.05. The molecule has 31 heavy (non-hydrogen) atoms. The van der Waals surface area contributed by atoms with Crippen LogP contribution in [0.4, 0.5) is 0 Å². The molecule has 1 unspecified atom stereocenters. The average molecular weight is 426 g/mol. The predicted molar refractivity (Wildman–Crippen MR) is 130 cm³/mol. The first-order valence-electron chi connectivity index (χ1n) is 11.6. The zero-order valence-corrected chi connectivity index (χ0v) is 18.7. The van der Waals surface area contributed by atoms with E-state index in [1.54, 1.807) is 0 Å². The zero-order valence-electron chi connectivity index (χ0n) is 17.8. The molecule has 3 heteroatoms. The van der Waals surface area contributed by atoms with Crippen molar-refractivity contribution in [2.45, 2.75) is 50.7 Å². The van der Waals surface area contributed by atoms with Gasteiger partial charge in [0.05, 0.1) is 6.04 Å². The molecule has 3 aliphatic rings. The summed E-state index contributed by atoms with van der Waals surface area (Å²) < 4.78 is 6.72. The van der Waals surface area contributed by atoms with Crippen molar-refractivity contribution in [2.24, 2.45) is 10.4 Å². The van der Waals surface area contributed by atoms with Gasteiger partial charge in [0.15, 0.2) is 0 Å². The Bertz CT molecular complexity index is 1050. The molecule has 1 aliphatic heterocycles. The Morgan fingerprint density at radius 3 is 2.06 bits per heavy atom. The van der Waals surface area contributed by atoms with Crippen molar-refractivity contribution < 1.29 is 4.74 Å². The van der Waals surface area contributed by atoms with Crippen molar-refractivity contribution in [3.05, 3.63) is 90.5 Å². The summed E-state index contributed by atoms with van der Waals surface area (Å²) in [6.45, 7) is 0. The highest BCUT2D eigenvalue weighted by Crippen LogP contribution is 2.55. The van der Waals surface area contributed by atoms with Gasteiger partial charge in [0.2, 0.25) is 5.90 Å². The van der Waals surface area contributed by atoms with Crippen LogP contribution in [0.2, 0.25) is 0 Å². The average Bonchev–Trinajstić information content (AvgIpc) is 3.44. The van der Waals surface area contributed by atoms with Gasteiger partial charge in [0, 0.05) is 11.0 Å². The van der Waals surface area contributed by atoms with Gasteiger partial charge in [-0.15, -0.1) is 0 Å². The van der Waals surface area contributed by atoms with Crippen molar-refractivity contribution in [3.63, 3.8) is 0 Å². The lowest BCUT2D eigenvalue weighted by molar-refractivity contribution is 0.0394. The standard InChI is InChI=1S/C28H28NOP/c1-3-11-21(12-4-1)31(22-13-5-2-6-14-22)24-16-8-7-15-23(24)27-29-25-17-9-19-28(25)20-10-18-26(28)30-27/h1-8,11-16,25-26H,9-10,17-20H2/t25-,26?,28-/m0/s1. The summed E-state index contributed by atoms with van der Waals surface area (Å²) in [5.41, 5.74) is 1.51. The summed E-state index contributed by atoms with van der Waals surface area (Å²) in [6, 6.07) is 31.1. The lowest BCUT2D eigenvalue weighted by atomic mass is 9.78. The van der Waals surface area contributed by atoms with Gasteiger partial charge in [-0.05, 0) is 62.0 Å². The summed E-state index contributed by atoms with van der Waals surface area (Å²) in [5.74, 6) is 0.893. The number of benzene rings is 3. The fourth-order valence-corrected chi connectivity index (χ4v) is 8.49. The molecule has 0 bridgehead atoms. The Morgan fingerprint density at radius 2 is 1.35 bits per heavy atom. The summed E-state index contributed by atoms with van der Waals surface area (Å²) in [6.07, 6.45) is 7.92. The van der Waals surface area contributed by atoms with Gasteiger partial charge in [-0.3, -0.25) is 0 Å². The second-order valence-electron chi connectivity index (χ2n) is 9.10. The second-order valence-corrected chi connectivity index (χ2v) is 11.3. The molecule has 0 N–H and O–H groups in total. The minimum absolute atomic E-state index is 0.321. The molecule has 2 fully saturated rings. The molecule has 156 valence electrons. The summed E-state index contributed by atoms with van der Waals surface area (Å²) in [4.78, 5) is 5.28.